The molecule has 0 aliphatic carbocycles. The first-order valence-electron chi connectivity index (χ1n) is 8.99. The van der Waals surface area contributed by atoms with Crippen molar-refractivity contribution in [3.8, 4) is 11.5 Å². The third kappa shape index (κ3) is 3.54. The van der Waals surface area contributed by atoms with Gasteiger partial charge in [-0.2, -0.15) is 5.10 Å². The standard InChI is InChI=1S/C17H24N8O/c1-26-10-9-24-13-20-21-16(24)3-7-23-8-5-19-17(23)15-11-14-12-18-4-2-6-25(14)22-15/h5,8,11,13,18H,2-4,6-7,9-10,12H2,1H3. The van der Waals surface area contributed by atoms with E-state index in [1.165, 1.54) is 5.69 Å². The second kappa shape index (κ2) is 7.79. The van der Waals surface area contributed by atoms with E-state index in [0.29, 0.717) is 6.61 Å². The van der Waals surface area contributed by atoms with Crippen LogP contribution in [0.3, 0.4) is 0 Å². The minimum atomic E-state index is 0.648. The predicted octanol–water partition coefficient (Wildman–Crippen LogP) is 0.720. The molecule has 4 heterocycles. The number of aromatic nitrogens is 7. The molecule has 4 rings (SSSR count). The molecule has 0 unspecified atom stereocenters. The van der Waals surface area contributed by atoms with E-state index in [1.54, 1.807) is 13.4 Å². The predicted molar refractivity (Wildman–Crippen MR) is 95.4 cm³/mol. The van der Waals surface area contributed by atoms with Gasteiger partial charge in [-0.15, -0.1) is 10.2 Å². The maximum Gasteiger partial charge on any atom is 0.160 e. The summed E-state index contributed by atoms with van der Waals surface area (Å²) < 4.78 is 11.4. The van der Waals surface area contributed by atoms with Crippen LogP contribution in [0.4, 0.5) is 0 Å². The molecule has 1 aliphatic heterocycles. The minimum Gasteiger partial charge on any atom is -0.383 e. The Labute approximate surface area is 152 Å². The van der Waals surface area contributed by atoms with Crippen LogP contribution in [0.2, 0.25) is 0 Å². The molecule has 0 bridgehead atoms. The van der Waals surface area contributed by atoms with Gasteiger partial charge in [0.15, 0.2) is 5.82 Å². The molecule has 0 radical (unpaired) electrons. The highest BCUT2D eigenvalue weighted by Gasteiger charge is 2.16. The second-order valence-electron chi connectivity index (χ2n) is 6.40. The number of aryl methyl sites for hydroxylation is 3. The zero-order chi connectivity index (χ0) is 17.8. The van der Waals surface area contributed by atoms with Crippen molar-refractivity contribution >= 4 is 0 Å². The Hall–Kier alpha value is -2.52. The lowest BCUT2D eigenvalue weighted by molar-refractivity contribution is 0.186. The smallest absolute Gasteiger partial charge is 0.160 e. The van der Waals surface area contributed by atoms with Crippen LogP contribution in [-0.4, -0.2) is 54.4 Å². The Bertz CT molecular complexity index is 825. The van der Waals surface area contributed by atoms with E-state index in [2.05, 4.69) is 35.8 Å². The third-order valence-corrected chi connectivity index (χ3v) is 4.65. The quantitative estimate of drug-likeness (QED) is 0.671. The molecule has 0 saturated heterocycles. The number of hydrogen-bond donors (Lipinski definition) is 1. The molecule has 3 aromatic heterocycles. The van der Waals surface area contributed by atoms with E-state index in [4.69, 9.17) is 9.84 Å². The van der Waals surface area contributed by atoms with Gasteiger partial charge in [0.05, 0.1) is 12.3 Å². The van der Waals surface area contributed by atoms with Crippen LogP contribution in [-0.2, 0) is 37.3 Å². The van der Waals surface area contributed by atoms with Crippen molar-refractivity contribution in [2.45, 2.75) is 39.0 Å². The molecular formula is C17H24N8O. The summed E-state index contributed by atoms with van der Waals surface area (Å²) in [5.41, 5.74) is 2.14. The summed E-state index contributed by atoms with van der Waals surface area (Å²) >= 11 is 0. The van der Waals surface area contributed by atoms with E-state index in [9.17, 15) is 0 Å². The number of fused-ring (bicyclic) bond motifs is 1. The van der Waals surface area contributed by atoms with Crippen molar-refractivity contribution in [1.82, 2.24) is 39.4 Å². The summed E-state index contributed by atoms with van der Waals surface area (Å²) in [5.74, 6) is 1.85. The molecule has 9 heteroatoms. The maximum atomic E-state index is 5.14. The molecule has 138 valence electrons. The second-order valence-corrected chi connectivity index (χ2v) is 6.40. The van der Waals surface area contributed by atoms with Crippen molar-refractivity contribution in [1.29, 1.82) is 0 Å². The summed E-state index contributed by atoms with van der Waals surface area (Å²) in [6.45, 7) is 5.03. The van der Waals surface area contributed by atoms with E-state index in [1.807, 2.05) is 17.0 Å². The zero-order valence-electron chi connectivity index (χ0n) is 15.0. The fourth-order valence-electron chi connectivity index (χ4n) is 3.26. The number of rotatable bonds is 7. The van der Waals surface area contributed by atoms with Crippen molar-refractivity contribution in [3.63, 3.8) is 0 Å². The first-order valence-corrected chi connectivity index (χ1v) is 8.99. The highest BCUT2D eigenvalue weighted by atomic mass is 16.5. The number of nitrogens with zero attached hydrogens (tertiary/aromatic N) is 7. The van der Waals surface area contributed by atoms with Gasteiger partial charge < -0.3 is 19.2 Å². The monoisotopic (exact) mass is 356 g/mol. The minimum absolute atomic E-state index is 0.648. The number of methoxy groups -OCH3 is 1. The highest BCUT2D eigenvalue weighted by molar-refractivity contribution is 5.50. The molecular weight excluding hydrogens is 332 g/mol. The summed E-state index contributed by atoms with van der Waals surface area (Å²) in [6.07, 6.45) is 7.45. The van der Waals surface area contributed by atoms with Crippen LogP contribution in [0.15, 0.2) is 24.8 Å². The largest absolute Gasteiger partial charge is 0.383 e. The highest BCUT2D eigenvalue weighted by Crippen LogP contribution is 2.19. The molecule has 0 atom stereocenters. The average Bonchev–Trinajstić information content (AvgIpc) is 3.35. The van der Waals surface area contributed by atoms with Crippen molar-refractivity contribution in [3.05, 3.63) is 36.3 Å². The van der Waals surface area contributed by atoms with Gasteiger partial charge in [0.2, 0.25) is 0 Å². The van der Waals surface area contributed by atoms with Gasteiger partial charge in [0.1, 0.15) is 17.8 Å². The van der Waals surface area contributed by atoms with Gasteiger partial charge in [-0.1, -0.05) is 0 Å². The first kappa shape index (κ1) is 16.9. The first-order chi connectivity index (χ1) is 12.8. The van der Waals surface area contributed by atoms with Gasteiger partial charge in [-0.05, 0) is 19.0 Å². The summed E-state index contributed by atoms with van der Waals surface area (Å²) in [7, 11) is 1.70. The Morgan fingerprint density at radius 3 is 3.15 bits per heavy atom. The fourth-order valence-corrected chi connectivity index (χ4v) is 3.26. The van der Waals surface area contributed by atoms with Crippen LogP contribution in [0, 0.1) is 0 Å². The Kier molecular flexibility index (Phi) is 5.07. The van der Waals surface area contributed by atoms with Crippen molar-refractivity contribution in [2.24, 2.45) is 0 Å². The lowest BCUT2D eigenvalue weighted by Crippen LogP contribution is -2.12. The van der Waals surface area contributed by atoms with Crippen molar-refractivity contribution in [2.75, 3.05) is 20.3 Å². The SMILES string of the molecule is COCCn1cnnc1CCn1ccnc1-c1cc2n(n1)CCCNC2. The topological polar surface area (TPSA) is 87.6 Å². The molecule has 3 aromatic rings. The fraction of sp³-hybridized carbons (Fsp3) is 0.529. The maximum absolute atomic E-state index is 5.14. The summed E-state index contributed by atoms with van der Waals surface area (Å²) in [4.78, 5) is 4.53. The molecule has 0 spiro atoms. The van der Waals surface area contributed by atoms with Gasteiger partial charge in [0.25, 0.3) is 0 Å². The average molecular weight is 356 g/mol. The Balaban J connectivity index is 1.48. The Morgan fingerprint density at radius 2 is 2.23 bits per heavy atom. The van der Waals surface area contributed by atoms with E-state index >= 15 is 0 Å². The van der Waals surface area contributed by atoms with Crippen LogP contribution < -0.4 is 5.32 Å². The lowest BCUT2D eigenvalue weighted by Gasteiger charge is -2.08. The van der Waals surface area contributed by atoms with E-state index in [-0.39, 0.29) is 0 Å². The van der Waals surface area contributed by atoms with Gasteiger partial charge in [0, 0.05) is 52.1 Å². The summed E-state index contributed by atoms with van der Waals surface area (Å²) in [5, 5.41) is 16.4. The third-order valence-electron chi connectivity index (χ3n) is 4.65. The molecule has 0 aromatic carbocycles. The van der Waals surface area contributed by atoms with Gasteiger partial charge in [-0.3, -0.25) is 4.68 Å². The van der Waals surface area contributed by atoms with Crippen molar-refractivity contribution < 1.29 is 4.74 Å². The lowest BCUT2D eigenvalue weighted by atomic mass is 10.3. The van der Waals surface area contributed by atoms with Gasteiger partial charge >= 0.3 is 0 Å². The number of ether oxygens (including phenoxy) is 1. The molecule has 0 saturated carbocycles. The zero-order valence-corrected chi connectivity index (χ0v) is 15.0. The molecule has 26 heavy (non-hydrogen) atoms. The molecule has 0 amide bonds. The van der Waals surface area contributed by atoms with E-state index in [0.717, 1.165) is 62.9 Å². The molecule has 1 N–H and O–H groups in total. The van der Waals surface area contributed by atoms with Crippen LogP contribution >= 0.6 is 0 Å². The summed E-state index contributed by atoms with van der Waals surface area (Å²) in [6, 6.07) is 2.14. The number of hydrogen-bond acceptors (Lipinski definition) is 6. The number of imidazole rings is 1. The van der Waals surface area contributed by atoms with Crippen LogP contribution in [0.5, 0.6) is 0 Å². The van der Waals surface area contributed by atoms with Crippen LogP contribution in [0.1, 0.15) is 17.9 Å². The molecule has 0 fully saturated rings. The molecule has 9 nitrogen and oxygen atoms in total. The van der Waals surface area contributed by atoms with Crippen LogP contribution in [0.25, 0.3) is 11.5 Å². The van der Waals surface area contributed by atoms with Gasteiger partial charge in [-0.25, -0.2) is 4.98 Å². The normalized spacial score (nSPS) is 14.3. The van der Waals surface area contributed by atoms with E-state index < -0.39 is 0 Å². The number of nitrogens with one attached hydrogen (secondary N) is 1. The Morgan fingerprint density at radius 1 is 1.27 bits per heavy atom. The molecule has 1 aliphatic rings.